The zero-order valence-corrected chi connectivity index (χ0v) is 17.5. The Labute approximate surface area is 176 Å². The number of benzene rings is 2. The van der Waals surface area contributed by atoms with Crippen LogP contribution >= 0.6 is 22.6 Å². The molecule has 6 nitrogen and oxygen atoms in total. The van der Waals surface area contributed by atoms with Crippen LogP contribution < -0.4 is 15.6 Å². The molecule has 2 aromatic carbocycles. The van der Waals surface area contributed by atoms with Crippen LogP contribution in [0.1, 0.15) is 17.3 Å². The predicted molar refractivity (Wildman–Crippen MR) is 117 cm³/mol. The molecule has 144 valence electrons. The summed E-state index contributed by atoms with van der Waals surface area (Å²) in [6.45, 7) is 3.23. The number of carbonyl (C=O) groups excluding carboxylic acids is 1. The lowest BCUT2D eigenvalue weighted by Gasteiger charge is -2.09. The van der Waals surface area contributed by atoms with E-state index in [1.165, 1.54) is 17.0 Å². The average molecular weight is 489 g/mol. The number of nitrogens with one attached hydrogen (secondary N) is 1. The smallest absolute Gasteiger partial charge is 0.253 e. The molecule has 1 amide bonds. The quantitative estimate of drug-likeness (QED) is 0.517. The molecule has 3 rings (SSSR count). The van der Waals surface area contributed by atoms with Crippen molar-refractivity contribution in [3.05, 3.63) is 80.4 Å². The molecule has 0 unspecified atom stereocenters. The second-order valence-corrected chi connectivity index (χ2v) is 7.16. The summed E-state index contributed by atoms with van der Waals surface area (Å²) in [5, 5.41) is 2.83. The normalized spacial score (nSPS) is 10.5. The molecule has 0 bridgehead atoms. The first-order valence-corrected chi connectivity index (χ1v) is 9.99. The number of ether oxygens (including phenoxy) is 1. The van der Waals surface area contributed by atoms with Gasteiger partial charge in [0.05, 0.1) is 24.2 Å². The van der Waals surface area contributed by atoms with Crippen molar-refractivity contribution in [2.75, 3.05) is 13.2 Å². The maximum atomic E-state index is 12.4. The fourth-order valence-electron chi connectivity index (χ4n) is 2.67. The topological polar surface area (TPSA) is 73.2 Å². The van der Waals surface area contributed by atoms with Crippen molar-refractivity contribution < 1.29 is 9.53 Å². The summed E-state index contributed by atoms with van der Waals surface area (Å²) in [5.41, 5.74) is 1.91. The summed E-state index contributed by atoms with van der Waals surface area (Å²) in [4.78, 5) is 29.0. The molecule has 0 atom stereocenters. The molecular formula is C21H20IN3O3. The van der Waals surface area contributed by atoms with Crippen molar-refractivity contribution in [1.29, 1.82) is 0 Å². The minimum absolute atomic E-state index is 0.156. The first-order chi connectivity index (χ1) is 13.6. The zero-order chi connectivity index (χ0) is 19.9. The van der Waals surface area contributed by atoms with Gasteiger partial charge in [0.15, 0.2) is 0 Å². The second-order valence-electron chi connectivity index (χ2n) is 6.00. The average Bonchev–Trinajstić information content (AvgIpc) is 2.70. The summed E-state index contributed by atoms with van der Waals surface area (Å²) >= 11 is 2.13. The SMILES string of the molecule is CCOc1ccc(-c2cc(=O)n(CCNC(=O)c3ccccc3I)cn2)cc1. The van der Waals surface area contributed by atoms with Crippen molar-refractivity contribution in [1.82, 2.24) is 14.9 Å². The van der Waals surface area contributed by atoms with Crippen molar-refractivity contribution in [3.8, 4) is 17.0 Å². The first kappa shape index (κ1) is 20.1. The van der Waals surface area contributed by atoms with Crippen LogP contribution in [-0.4, -0.2) is 28.6 Å². The predicted octanol–water partition coefficient (Wildman–Crippen LogP) is 3.34. The largest absolute Gasteiger partial charge is 0.494 e. The molecule has 0 spiro atoms. The zero-order valence-electron chi connectivity index (χ0n) is 15.4. The number of hydrogen-bond acceptors (Lipinski definition) is 4. The molecule has 1 N–H and O–H groups in total. The minimum atomic E-state index is -0.164. The third kappa shape index (κ3) is 4.98. The highest BCUT2D eigenvalue weighted by Gasteiger charge is 2.09. The van der Waals surface area contributed by atoms with Gasteiger partial charge in [0.25, 0.3) is 11.5 Å². The maximum absolute atomic E-state index is 12.4. The van der Waals surface area contributed by atoms with Crippen molar-refractivity contribution >= 4 is 28.5 Å². The van der Waals surface area contributed by atoms with E-state index in [4.69, 9.17) is 4.74 Å². The van der Waals surface area contributed by atoms with E-state index in [0.717, 1.165) is 14.9 Å². The number of hydrogen-bond donors (Lipinski definition) is 1. The van der Waals surface area contributed by atoms with E-state index in [0.29, 0.717) is 31.0 Å². The van der Waals surface area contributed by atoms with Crippen LogP contribution in [0.2, 0.25) is 0 Å². The second kappa shape index (κ2) is 9.50. The van der Waals surface area contributed by atoms with Crippen LogP contribution in [0, 0.1) is 3.57 Å². The van der Waals surface area contributed by atoms with Gasteiger partial charge in [0, 0.05) is 28.3 Å². The van der Waals surface area contributed by atoms with Gasteiger partial charge in [-0.25, -0.2) is 4.98 Å². The molecule has 28 heavy (non-hydrogen) atoms. The van der Waals surface area contributed by atoms with Crippen molar-refractivity contribution in [2.45, 2.75) is 13.5 Å². The molecule has 0 aliphatic rings. The lowest BCUT2D eigenvalue weighted by atomic mass is 10.1. The number of rotatable bonds is 7. The van der Waals surface area contributed by atoms with E-state index in [2.05, 4.69) is 32.9 Å². The number of halogens is 1. The molecule has 0 aliphatic carbocycles. The molecule has 0 saturated heterocycles. The number of carbonyl (C=O) groups is 1. The van der Waals surface area contributed by atoms with E-state index in [9.17, 15) is 9.59 Å². The molecule has 0 saturated carbocycles. The molecule has 0 radical (unpaired) electrons. The van der Waals surface area contributed by atoms with Crippen molar-refractivity contribution in [2.24, 2.45) is 0 Å². The van der Waals surface area contributed by atoms with Crippen LogP contribution in [0.25, 0.3) is 11.3 Å². The Morgan fingerprint density at radius 1 is 1.18 bits per heavy atom. The third-order valence-electron chi connectivity index (χ3n) is 4.10. The monoisotopic (exact) mass is 489 g/mol. The van der Waals surface area contributed by atoms with Crippen LogP contribution in [-0.2, 0) is 6.54 Å². The van der Waals surface area contributed by atoms with Crippen LogP contribution in [0.5, 0.6) is 5.75 Å². The van der Waals surface area contributed by atoms with Gasteiger partial charge in [0.2, 0.25) is 0 Å². The Balaban J connectivity index is 1.62. The van der Waals surface area contributed by atoms with Crippen molar-refractivity contribution in [3.63, 3.8) is 0 Å². The van der Waals surface area contributed by atoms with E-state index < -0.39 is 0 Å². The molecule has 1 aromatic heterocycles. The van der Waals surface area contributed by atoms with Gasteiger partial charge in [-0.2, -0.15) is 0 Å². The van der Waals surface area contributed by atoms with Gasteiger partial charge in [0.1, 0.15) is 5.75 Å². The molecule has 3 aromatic rings. The molecule has 0 fully saturated rings. The lowest BCUT2D eigenvalue weighted by molar-refractivity contribution is 0.0951. The molecular weight excluding hydrogens is 469 g/mol. The molecule has 0 aliphatic heterocycles. The summed E-state index contributed by atoms with van der Waals surface area (Å²) in [5.74, 6) is 0.625. The summed E-state index contributed by atoms with van der Waals surface area (Å²) in [7, 11) is 0. The Bertz CT molecular complexity index is 1020. The Kier molecular flexibility index (Phi) is 6.80. The van der Waals surface area contributed by atoms with Crippen LogP contribution in [0.4, 0.5) is 0 Å². The van der Waals surface area contributed by atoms with E-state index in [1.54, 1.807) is 6.07 Å². The van der Waals surface area contributed by atoms with Crippen LogP contribution in [0.3, 0.4) is 0 Å². The summed E-state index contributed by atoms with van der Waals surface area (Å²) < 4.78 is 7.79. The highest BCUT2D eigenvalue weighted by atomic mass is 127. The third-order valence-corrected chi connectivity index (χ3v) is 5.04. The fourth-order valence-corrected chi connectivity index (χ4v) is 3.30. The highest BCUT2D eigenvalue weighted by Crippen LogP contribution is 2.19. The standard InChI is InChI=1S/C21H20IN3O3/c1-2-28-16-9-7-15(8-10-16)19-13-20(26)25(14-24-19)12-11-23-21(27)17-5-3-4-6-18(17)22/h3-10,13-14H,2,11-12H2,1H3,(H,23,27). The van der Waals surface area contributed by atoms with E-state index in [-0.39, 0.29) is 11.5 Å². The summed E-state index contributed by atoms with van der Waals surface area (Å²) in [6, 6.07) is 16.3. The van der Waals surface area contributed by atoms with E-state index in [1.807, 2.05) is 49.4 Å². The van der Waals surface area contributed by atoms with Gasteiger partial charge < -0.3 is 10.1 Å². The Morgan fingerprint density at radius 3 is 2.61 bits per heavy atom. The Hall–Kier alpha value is -2.68. The summed E-state index contributed by atoms with van der Waals surface area (Å²) in [6.07, 6.45) is 1.51. The number of aromatic nitrogens is 2. The Morgan fingerprint density at radius 2 is 1.93 bits per heavy atom. The number of amides is 1. The highest BCUT2D eigenvalue weighted by molar-refractivity contribution is 14.1. The van der Waals surface area contributed by atoms with Gasteiger partial charge in [-0.3, -0.25) is 14.2 Å². The van der Waals surface area contributed by atoms with Gasteiger partial charge in [-0.1, -0.05) is 12.1 Å². The first-order valence-electron chi connectivity index (χ1n) is 8.91. The lowest BCUT2D eigenvalue weighted by Crippen LogP contribution is -2.31. The number of nitrogens with zero attached hydrogens (tertiary/aromatic N) is 2. The van der Waals surface area contributed by atoms with Gasteiger partial charge in [-0.05, 0) is 65.9 Å². The maximum Gasteiger partial charge on any atom is 0.253 e. The van der Waals surface area contributed by atoms with E-state index >= 15 is 0 Å². The fraction of sp³-hybridized carbons (Fsp3) is 0.190. The van der Waals surface area contributed by atoms with Crippen LogP contribution in [0.15, 0.2) is 65.7 Å². The molecule has 1 heterocycles. The van der Waals surface area contributed by atoms with Gasteiger partial charge >= 0.3 is 0 Å². The minimum Gasteiger partial charge on any atom is -0.494 e. The molecule has 7 heteroatoms. The van der Waals surface area contributed by atoms with Gasteiger partial charge in [-0.15, -0.1) is 0 Å².